The average Bonchev–Trinajstić information content (AvgIpc) is 2.86. The van der Waals surface area contributed by atoms with E-state index in [9.17, 15) is 4.79 Å². The summed E-state index contributed by atoms with van der Waals surface area (Å²) in [5.74, 6) is -0.580. The van der Waals surface area contributed by atoms with Crippen molar-refractivity contribution in [3.05, 3.63) is 16.1 Å². The van der Waals surface area contributed by atoms with Gasteiger partial charge >= 0.3 is 5.97 Å². The monoisotopic (exact) mass is 319 g/mol. The summed E-state index contributed by atoms with van der Waals surface area (Å²) in [4.78, 5) is 11.3. The number of carbonyl (C=O) groups is 1. The lowest BCUT2D eigenvalue weighted by Gasteiger charge is -2.13. The van der Waals surface area contributed by atoms with E-state index in [1.54, 1.807) is 13.0 Å². The predicted octanol–water partition coefficient (Wildman–Crippen LogP) is 3.22. The molecular formula is C11H11Cl2N3O2S. The van der Waals surface area contributed by atoms with E-state index >= 15 is 0 Å². The predicted molar refractivity (Wildman–Crippen MR) is 77.1 cm³/mol. The van der Waals surface area contributed by atoms with Crippen molar-refractivity contribution in [1.29, 1.82) is 0 Å². The Kier molecular flexibility index (Phi) is 4.44. The van der Waals surface area contributed by atoms with Gasteiger partial charge in [-0.05, 0) is 6.07 Å². The Hall–Kier alpha value is -1.11. The van der Waals surface area contributed by atoms with Crippen LogP contribution in [0.2, 0.25) is 10.0 Å². The maximum Gasteiger partial charge on any atom is 0.310 e. The van der Waals surface area contributed by atoms with Gasteiger partial charge in [-0.2, -0.15) is 8.75 Å². The molecule has 0 amide bonds. The molecule has 1 atom stereocenters. The van der Waals surface area contributed by atoms with E-state index in [1.807, 2.05) is 0 Å². The Labute approximate surface area is 124 Å². The van der Waals surface area contributed by atoms with Crippen molar-refractivity contribution in [2.24, 2.45) is 5.92 Å². The zero-order chi connectivity index (χ0) is 14.0. The largest absolute Gasteiger partial charge is 0.469 e. The normalized spacial score (nSPS) is 12.4. The van der Waals surface area contributed by atoms with E-state index in [2.05, 4.69) is 18.8 Å². The molecule has 1 heterocycles. The molecule has 0 aliphatic carbocycles. The first-order chi connectivity index (χ1) is 9.04. The molecule has 0 saturated heterocycles. The molecule has 1 aromatic heterocycles. The smallest absolute Gasteiger partial charge is 0.310 e. The molecule has 0 aliphatic rings. The van der Waals surface area contributed by atoms with Crippen LogP contribution in [0, 0.1) is 5.92 Å². The number of esters is 1. The number of benzene rings is 1. The summed E-state index contributed by atoms with van der Waals surface area (Å²) in [6.07, 6.45) is 0. The lowest BCUT2D eigenvalue weighted by Crippen LogP contribution is -2.21. The number of aromatic nitrogens is 2. The third kappa shape index (κ3) is 2.91. The van der Waals surface area contributed by atoms with Gasteiger partial charge in [0.2, 0.25) is 0 Å². The number of carbonyl (C=O) groups excluding carboxylic acids is 1. The topological polar surface area (TPSA) is 64.1 Å². The quantitative estimate of drug-likeness (QED) is 0.876. The molecule has 19 heavy (non-hydrogen) atoms. The molecule has 8 heteroatoms. The Morgan fingerprint density at radius 3 is 2.79 bits per heavy atom. The number of fused-ring (bicyclic) bond motifs is 1. The first-order valence-electron chi connectivity index (χ1n) is 5.46. The molecular weight excluding hydrogens is 309 g/mol. The number of nitrogens with zero attached hydrogens (tertiary/aromatic N) is 2. The SMILES string of the molecule is COC(=O)C(C)CNc1c(Cl)cc(Cl)c2nsnc12. The number of nitrogens with one attached hydrogen (secondary N) is 1. The van der Waals surface area contributed by atoms with Crippen molar-refractivity contribution < 1.29 is 9.53 Å². The van der Waals surface area contributed by atoms with Crippen LogP contribution < -0.4 is 5.32 Å². The van der Waals surface area contributed by atoms with Crippen molar-refractivity contribution in [2.75, 3.05) is 19.0 Å². The van der Waals surface area contributed by atoms with Crippen LogP contribution in [0.25, 0.3) is 11.0 Å². The highest BCUT2D eigenvalue weighted by molar-refractivity contribution is 7.00. The van der Waals surface area contributed by atoms with Gasteiger partial charge in [-0.25, -0.2) is 0 Å². The van der Waals surface area contributed by atoms with E-state index in [0.29, 0.717) is 33.3 Å². The van der Waals surface area contributed by atoms with E-state index in [0.717, 1.165) is 11.7 Å². The van der Waals surface area contributed by atoms with Gasteiger partial charge in [0.15, 0.2) is 0 Å². The molecule has 1 unspecified atom stereocenters. The Morgan fingerprint density at radius 2 is 2.11 bits per heavy atom. The van der Waals surface area contributed by atoms with Crippen LogP contribution in [0.1, 0.15) is 6.92 Å². The zero-order valence-electron chi connectivity index (χ0n) is 10.2. The Balaban J connectivity index is 2.26. The molecule has 2 rings (SSSR count). The highest BCUT2D eigenvalue weighted by atomic mass is 35.5. The Morgan fingerprint density at radius 1 is 1.42 bits per heavy atom. The minimum Gasteiger partial charge on any atom is -0.469 e. The molecule has 5 nitrogen and oxygen atoms in total. The van der Waals surface area contributed by atoms with Crippen LogP contribution in [0.15, 0.2) is 6.07 Å². The number of hydrogen-bond acceptors (Lipinski definition) is 6. The molecule has 0 saturated carbocycles. The number of anilines is 1. The second-order valence-electron chi connectivity index (χ2n) is 3.98. The first-order valence-corrected chi connectivity index (χ1v) is 6.95. The highest BCUT2D eigenvalue weighted by Gasteiger charge is 2.17. The molecule has 1 N–H and O–H groups in total. The van der Waals surface area contributed by atoms with E-state index in [4.69, 9.17) is 23.2 Å². The van der Waals surface area contributed by atoms with Crippen molar-refractivity contribution in [3.8, 4) is 0 Å². The lowest BCUT2D eigenvalue weighted by molar-refractivity contribution is -0.144. The van der Waals surface area contributed by atoms with Gasteiger partial charge in [-0.15, -0.1) is 0 Å². The first kappa shape index (κ1) is 14.3. The van der Waals surface area contributed by atoms with Crippen molar-refractivity contribution in [3.63, 3.8) is 0 Å². The summed E-state index contributed by atoms with van der Waals surface area (Å²) in [5.41, 5.74) is 1.84. The lowest BCUT2D eigenvalue weighted by atomic mass is 10.1. The molecule has 102 valence electrons. The number of rotatable bonds is 4. The van der Waals surface area contributed by atoms with Crippen LogP contribution in [0.5, 0.6) is 0 Å². The van der Waals surface area contributed by atoms with Gasteiger partial charge in [0, 0.05) is 6.54 Å². The summed E-state index contributed by atoms with van der Waals surface area (Å²) >= 11 is 13.2. The standard InChI is InChI=1S/C11H11Cl2N3O2S/c1-5(11(17)18-2)4-14-8-6(12)3-7(13)9-10(8)16-19-15-9/h3,5,14H,4H2,1-2H3. The molecule has 0 bridgehead atoms. The van der Waals surface area contributed by atoms with Gasteiger partial charge in [0.25, 0.3) is 0 Å². The second-order valence-corrected chi connectivity index (χ2v) is 5.32. The van der Waals surface area contributed by atoms with Crippen LogP contribution in [-0.2, 0) is 9.53 Å². The van der Waals surface area contributed by atoms with Gasteiger partial charge in [-0.1, -0.05) is 30.1 Å². The minimum atomic E-state index is -0.293. The van der Waals surface area contributed by atoms with Gasteiger partial charge in [0.05, 0.1) is 40.5 Å². The number of hydrogen-bond donors (Lipinski definition) is 1. The van der Waals surface area contributed by atoms with Crippen LogP contribution >= 0.6 is 34.9 Å². The highest BCUT2D eigenvalue weighted by Crippen LogP contribution is 2.35. The average molecular weight is 320 g/mol. The fourth-order valence-electron chi connectivity index (χ4n) is 1.58. The minimum absolute atomic E-state index is 0.287. The maximum atomic E-state index is 11.3. The van der Waals surface area contributed by atoms with Crippen LogP contribution in [0.3, 0.4) is 0 Å². The van der Waals surface area contributed by atoms with Gasteiger partial charge in [0.1, 0.15) is 11.0 Å². The summed E-state index contributed by atoms with van der Waals surface area (Å²) in [6.45, 7) is 2.15. The molecule has 0 fully saturated rings. The third-order valence-corrected chi connectivity index (χ3v) is 3.75. The van der Waals surface area contributed by atoms with Crippen molar-refractivity contribution in [1.82, 2.24) is 8.75 Å². The molecule has 1 aromatic carbocycles. The van der Waals surface area contributed by atoms with Crippen LogP contribution in [0.4, 0.5) is 5.69 Å². The fraction of sp³-hybridized carbons (Fsp3) is 0.364. The van der Waals surface area contributed by atoms with E-state index in [1.165, 1.54) is 7.11 Å². The van der Waals surface area contributed by atoms with Crippen LogP contribution in [-0.4, -0.2) is 28.4 Å². The Bertz CT molecular complexity index is 617. The summed E-state index contributed by atoms with van der Waals surface area (Å²) in [7, 11) is 1.36. The number of methoxy groups -OCH3 is 1. The van der Waals surface area contributed by atoms with Crippen molar-refractivity contribution >= 4 is 57.6 Å². The number of ether oxygens (including phenoxy) is 1. The molecule has 0 spiro atoms. The second kappa shape index (κ2) is 5.90. The number of halogens is 2. The van der Waals surface area contributed by atoms with Gasteiger partial charge < -0.3 is 10.1 Å². The third-order valence-electron chi connectivity index (χ3n) is 2.63. The summed E-state index contributed by atoms with van der Waals surface area (Å²) < 4.78 is 12.9. The fourth-order valence-corrected chi connectivity index (χ4v) is 2.76. The van der Waals surface area contributed by atoms with E-state index < -0.39 is 0 Å². The summed E-state index contributed by atoms with van der Waals surface area (Å²) in [6, 6.07) is 1.61. The molecule has 2 aromatic rings. The van der Waals surface area contributed by atoms with E-state index in [-0.39, 0.29) is 11.9 Å². The molecule has 0 radical (unpaired) electrons. The van der Waals surface area contributed by atoms with Gasteiger partial charge in [-0.3, -0.25) is 4.79 Å². The maximum absolute atomic E-state index is 11.3. The molecule has 0 aliphatic heterocycles. The summed E-state index contributed by atoms with van der Waals surface area (Å²) in [5, 5.41) is 4.00. The van der Waals surface area contributed by atoms with Crippen molar-refractivity contribution in [2.45, 2.75) is 6.92 Å². The zero-order valence-corrected chi connectivity index (χ0v) is 12.6.